The fourth-order valence-electron chi connectivity index (χ4n) is 2.84. The Morgan fingerprint density at radius 1 is 1.33 bits per heavy atom. The third-order valence-corrected chi connectivity index (χ3v) is 5.41. The highest BCUT2D eigenvalue weighted by atomic mass is 32.2. The third-order valence-electron chi connectivity index (χ3n) is 3.90. The number of benzene rings is 1. The summed E-state index contributed by atoms with van der Waals surface area (Å²) in [6.07, 6.45) is 0. The molecule has 3 rings (SSSR count). The van der Waals surface area contributed by atoms with E-state index in [4.69, 9.17) is 4.74 Å². The molecule has 2 heterocycles. The van der Waals surface area contributed by atoms with Crippen LogP contribution in [0.15, 0.2) is 30.3 Å². The lowest BCUT2D eigenvalue weighted by Crippen LogP contribution is -2.65. The van der Waals surface area contributed by atoms with Crippen LogP contribution in [0, 0.1) is 0 Å². The Hall–Kier alpha value is -2.35. The molecule has 0 bridgehead atoms. The fraction of sp³-hybridized carbons (Fsp3) is 0.375. The Kier molecular flexibility index (Phi) is 4.08. The molecule has 1 saturated heterocycles. The van der Waals surface area contributed by atoms with E-state index in [9.17, 15) is 19.5 Å². The normalized spacial score (nSPS) is 24.2. The average molecular weight is 349 g/mol. The van der Waals surface area contributed by atoms with E-state index in [0.29, 0.717) is 5.75 Å². The maximum atomic E-state index is 12.2. The van der Waals surface area contributed by atoms with Gasteiger partial charge in [0.1, 0.15) is 10.5 Å². The second kappa shape index (κ2) is 5.94. The van der Waals surface area contributed by atoms with Crippen molar-refractivity contribution >= 4 is 35.3 Å². The molecule has 2 aliphatic heterocycles. The van der Waals surface area contributed by atoms with Crippen LogP contribution in [0.4, 0.5) is 0 Å². The highest BCUT2D eigenvalue weighted by molar-refractivity contribution is 8.02. The molecule has 1 fully saturated rings. The first kappa shape index (κ1) is 16.5. The van der Waals surface area contributed by atoms with Crippen molar-refractivity contribution in [1.82, 2.24) is 5.32 Å². The lowest BCUT2D eigenvalue weighted by molar-refractivity contribution is -0.507. The fourth-order valence-corrected chi connectivity index (χ4v) is 4.38. The summed E-state index contributed by atoms with van der Waals surface area (Å²) in [5.74, 6) is -1.37. The monoisotopic (exact) mass is 349 g/mol. The number of amides is 2. The number of thioether (sulfide) groups is 1. The summed E-state index contributed by atoms with van der Waals surface area (Å²) in [7, 11) is 0. The molecular weight excluding hydrogens is 332 g/mol. The molecule has 0 saturated carbocycles. The predicted molar refractivity (Wildman–Crippen MR) is 87.2 cm³/mol. The molecule has 0 aliphatic carbocycles. The van der Waals surface area contributed by atoms with Gasteiger partial charge in [-0.1, -0.05) is 30.0 Å². The number of carboxylic acids is 1. The van der Waals surface area contributed by atoms with E-state index in [2.05, 4.69) is 5.32 Å². The zero-order valence-electron chi connectivity index (χ0n) is 13.2. The van der Waals surface area contributed by atoms with Gasteiger partial charge in [0.25, 0.3) is 11.6 Å². The molecule has 0 aromatic heterocycles. The van der Waals surface area contributed by atoms with Crippen LogP contribution in [0.5, 0.6) is 5.75 Å². The zero-order valence-corrected chi connectivity index (χ0v) is 14.0. The summed E-state index contributed by atoms with van der Waals surface area (Å²) in [4.78, 5) is 35.6. The van der Waals surface area contributed by atoms with Crippen LogP contribution < -0.4 is 10.1 Å². The second-order valence-electron chi connectivity index (χ2n) is 6.03. The molecule has 1 aromatic carbocycles. The molecule has 2 amide bonds. The molecule has 7 nitrogen and oxygen atoms in total. The minimum atomic E-state index is -1.11. The number of para-hydroxylation sites is 1. The first-order chi connectivity index (χ1) is 11.3. The average Bonchev–Trinajstić information content (AvgIpc) is 2.80. The quantitative estimate of drug-likeness (QED) is 0.593. The van der Waals surface area contributed by atoms with E-state index in [-0.39, 0.29) is 17.7 Å². The number of fused-ring (bicyclic) bond motifs is 1. The van der Waals surface area contributed by atoms with Crippen LogP contribution in [0.1, 0.15) is 13.8 Å². The molecule has 0 radical (unpaired) electrons. The van der Waals surface area contributed by atoms with Crippen molar-refractivity contribution < 1.29 is 28.8 Å². The lowest BCUT2D eigenvalue weighted by atomic mass is 10.0. The number of hydrogen-bond acceptors (Lipinski definition) is 5. The van der Waals surface area contributed by atoms with Crippen molar-refractivity contribution in [3.63, 3.8) is 0 Å². The minimum Gasteiger partial charge on any atom is -0.484 e. The van der Waals surface area contributed by atoms with Crippen LogP contribution in [-0.2, 0) is 14.4 Å². The maximum Gasteiger partial charge on any atom is 0.418 e. The first-order valence-corrected chi connectivity index (χ1v) is 8.28. The molecule has 2 unspecified atom stereocenters. The van der Waals surface area contributed by atoms with Gasteiger partial charge < -0.3 is 15.2 Å². The molecule has 1 aromatic rings. The van der Waals surface area contributed by atoms with Gasteiger partial charge in [0, 0.05) is 0 Å². The van der Waals surface area contributed by atoms with Crippen LogP contribution in [0.3, 0.4) is 0 Å². The number of aliphatic carboxylic acids is 1. The van der Waals surface area contributed by atoms with Crippen molar-refractivity contribution in [2.75, 3.05) is 6.61 Å². The molecule has 2 N–H and O–H groups in total. The van der Waals surface area contributed by atoms with Crippen LogP contribution in [-0.4, -0.2) is 55.9 Å². The molecule has 0 spiro atoms. The van der Waals surface area contributed by atoms with Crippen molar-refractivity contribution in [2.45, 2.75) is 30.0 Å². The Balaban J connectivity index is 1.63. The third kappa shape index (κ3) is 2.77. The number of carbonyl (C=O) groups is 3. The Bertz CT molecular complexity index is 744. The molecular formula is C16H17N2O5S+. The van der Waals surface area contributed by atoms with E-state index in [0.717, 1.165) is 0 Å². The molecule has 8 heteroatoms. The summed E-state index contributed by atoms with van der Waals surface area (Å²) in [6, 6.07) is 8.16. The van der Waals surface area contributed by atoms with Crippen molar-refractivity contribution in [1.29, 1.82) is 0 Å². The van der Waals surface area contributed by atoms with Gasteiger partial charge in [-0.2, -0.15) is 0 Å². The van der Waals surface area contributed by atoms with E-state index in [1.165, 1.54) is 16.3 Å². The van der Waals surface area contributed by atoms with Crippen LogP contribution in [0.25, 0.3) is 0 Å². The van der Waals surface area contributed by atoms with Gasteiger partial charge in [-0.05, 0) is 26.0 Å². The molecule has 2 aliphatic rings. The molecule has 24 heavy (non-hydrogen) atoms. The Morgan fingerprint density at radius 2 is 2.00 bits per heavy atom. The summed E-state index contributed by atoms with van der Waals surface area (Å²) < 4.78 is 5.91. The number of rotatable bonds is 5. The largest absolute Gasteiger partial charge is 0.484 e. The summed E-state index contributed by atoms with van der Waals surface area (Å²) in [5.41, 5.74) is 0.0635. The smallest absolute Gasteiger partial charge is 0.418 e. The number of nitrogens with one attached hydrogen (secondary N) is 1. The minimum absolute atomic E-state index is 0.0635. The zero-order chi connectivity index (χ0) is 17.5. The van der Waals surface area contributed by atoms with Gasteiger partial charge in [0.15, 0.2) is 6.61 Å². The second-order valence-corrected chi connectivity index (χ2v) is 7.77. The van der Waals surface area contributed by atoms with Gasteiger partial charge in [-0.15, -0.1) is 4.58 Å². The van der Waals surface area contributed by atoms with Gasteiger partial charge >= 0.3 is 11.9 Å². The number of β-lactam (4-membered cyclic amide) rings is 1. The van der Waals surface area contributed by atoms with E-state index in [1.807, 2.05) is 6.07 Å². The van der Waals surface area contributed by atoms with Crippen molar-refractivity contribution in [3.05, 3.63) is 30.3 Å². The number of hydrogen-bond donors (Lipinski definition) is 2. The van der Waals surface area contributed by atoms with E-state index >= 15 is 0 Å². The summed E-state index contributed by atoms with van der Waals surface area (Å²) >= 11 is 1.35. The van der Waals surface area contributed by atoms with Crippen molar-refractivity contribution in [2.24, 2.45) is 0 Å². The molecule has 2 atom stereocenters. The highest BCUT2D eigenvalue weighted by Gasteiger charge is 2.67. The van der Waals surface area contributed by atoms with Crippen LogP contribution in [0.2, 0.25) is 0 Å². The highest BCUT2D eigenvalue weighted by Crippen LogP contribution is 2.43. The van der Waals surface area contributed by atoms with Crippen LogP contribution >= 0.6 is 11.8 Å². The first-order valence-electron chi connectivity index (χ1n) is 7.40. The van der Waals surface area contributed by atoms with Gasteiger partial charge in [0.05, 0.1) is 0 Å². The number of nitrogens with zero attached hydrogens (tertiary/aromatic N) is 1. The molecule has 126 valence electrons. The van der Waals surface area contributed by atoms with Crippen molar-refractivity contribution in [3.8, 4) is 5.75 Å². The SMILES string of the molecule is CC1(C)SC2C(NC(=O)COc3ccccc3)C(=O)[N+]2=C1C(=O)O. The Labute approximate surface area is 142 Å². The number of carboxylic acid groups (broad SMARTS) is 1. The van der Waals surface area contributed by atoms with Gasteiger partial charge in [-0.25, -0.2) is 9.59 Å². The van der Waals surface area contributed by atoms with E-state index in [1.54, 1.807) is 38.1 Å². The van der Waals surface area contributed by atoms with Gasteiger partial charge in [0.2, 0.25) is 11.4 Å². The van der Waals surface area contributed by atoms with E-state index < -0.39 is 28.6 Å². The summed E-state index contributed by atoms with van der Waals surface area (Å²) in [6.45, 7) is 3.30. The Morgan fingerprint density at radius 3 is 2.62 bits per heavy atom. The number of ether oxygens (including phenoxy) is 1. The predicted octanol–water partition coefficient (Wildman–Crippen LogP) is 0.480. The maximum absolute atomic E-state index is 12.2. The number of carbonyl (C=O) groups excluding carboxylic acids is 2. The lowest BCUT2D eigenvalue weighted by Gasteiger charge is -2.26. The topological polar surface area (TPSA) is 95.7 Å². The standard InChI is InChI=1S/C16H16N2O5S/c1-16(2)12(15(21)22)18-13(20)11(14(18)24-16)17-10(19)8-23-9-6-4-3-5-7-9/h3-7,11,14H,8H2,1-2H3,(H-,17,19,21,22)/p+1. The van der Waals surface area contributed by atoms with Gasteiger partial charge in [-0.3, -0.25) is 4.79 Å². The summed E-state index contributed by atoms with van der Waals surface area (Å²) in [5, 5.41) is 11.5.